The SMILES string of the molecule is CC[C@H]1OC(=O)[C@H](C)[C@@H](O[C@H]2C[C@@](C)(OC)[C@@H](OC(=O)CCNCCCc3ccc4c(c3)c(=O)c(C(=O)O)cn4N(C)C)[C@H](C)O2)[C@H](C)[C@@H](O[C@@H]2O[C@H](C)C[C@H](N(C)C)[C@H]2O)[C@](C)(O)C[C@@H](C)C(N=O)C(C)[C@@H](O)[C@]1(C)O. The van der Waals surface area contributed by atoms with Crippen LogP contribution in [0, 0.1) is 28.6 Å². The van der Waals surface area contributed by atoms with E-state index in [4.69, 9.17) is 33.2 Å². The van der Waals surface area contributed by atoms with Crippen LogP contribution in [-0.4, -0.2) is 192 Å². The molecule has 3 fully saturated rings. The van der Waals surface area contributed by atoms with Gasteiger partial charge in [-0.25, -0.2) is 4.79 Å². The van der Waals surface area contributed by atoms with Crippen molar-refractivity contribution in [3.63, 3.8) is 0 Å². The predicted octanol–water partition coefficient (Wildman–Crippen LogP) is 3.73. The summed E-state index contributed by atoms with van der Waals surface area (Å²) in [6.07, 6.45) is -7.90. The highest BCUT2D eigenvalue weighted by atomic mass is 16.7. The summed E-state index contributed by atoms with van der Waals surface area (Å²) in [5, 5.41) is 66.3. The van der Waals surface area contributed by atoms with Gasteiger partial charge in [-0.3, -0.25) is 19.1 Å². The number of methoxy groups -OCH3 is 1. The van der Waals surface area contributed by atoms with Crippen LogP contribution in [0.1, 0.15) is 124 Å². The number of aryl methyl sites for hydroxylation is 1. The molecule has 0 radical (unpaired) electrons. The second-order valence-electron chi connectivity index (χ2n) is 23.1. The molecule has 2 aromatic rings. The Morgan fingerprint density at radius 1 is 0.935 bits per heavy atom. The molecule has 3 aliphatic heterocycles. The average Bonchev–Trinajstić information content (AvgIpc) is 3.36. The first-order chi connectivity index (χ1) is 35.9. The number of aromatic carboxylic acids is 1. The fourth-order valence-corrected chi connectivity index (χ4v) is 11.9. The summed E-state index contributed by atoms with van der Waals surface area (Å²) in [5.74, 6) is -6.37. The summed E-state index contributed by atoms with van der Waals surface area (Å²) in [7, 11) is 8.65. The van der Waals surface area contributed by atoms with E-state index in [1.165, 1.54) is 27.2 Å². The Morgan fingerprint density at radius 2 is 1.61 bits per heavy atom. The van der Waals surface area contributed by atoms with E-state index < -0.39 is 125 Å². The van der Waals surface area contributed by atoms with E-state index in [0.717, 1.165) is 5.56 Å². The normalized spacial score (nSPS) is 37.7. The summed E-state index contributed by atoms with van der Waals surface area (Å²) < 4.78 is 46.1. The van der Waals surface area contributed by atoms with Gasteiger partial charge in [-0.2, -0.15) is 4.91 Å². The summed E-state index contributed by atoms with van der Waals surface area (Å²) in [5.41, 5.74) is -4.52. The number of nitrogens with one attached hydrogen (secondary N) is 1. The van der Waals surface area contributed by atoms with Crippen molar-refractivity contribution in [3.8, 4) is 0 Å². The number of cyclic esters (lactones) is 1. The molecule has 3 saturated heterocycles. The highest BCUT2D eigenvalue weighted by molar-refractivity contribution is 5.92. The molecule has 6 N–H and O–H groups in total. The maximum absolute atomic E-state index is 14.5. The minimum absolute atomic E-state index is 0.00110. The average molecular weight is 1090 g/mol. The molecule has 22 heteroatoms. The van der Waals surface area contributed by atoms with Gasteiger partial charge in [0.05, 0.1) is 60.0 Å². The van der Waals surface area contributed by atoms with Gasteiger partial charge < -0.3 is 73.9 Å². The summed E-state index contributed by atoms with van der Waals surface area (Å²) in [4.78, 5) is 67.4. The molecule has 77 heavy (non-hydrogen) atoms. The molecule has 0 aliphatic carbocycles. The number of carboxylic acid groups (broad SMARTS) is 1. The van der Waals surface area contributed by atoms with Crippen LogP contribution in [0.15, 0.2) is 34.4 Å². The number of esters is 2. The predicted molar refractivity (Wildman–Crippen MR) is 286 cm³/mol. The molecule has 0 amide bonds. The van der Waals surface area contributed by atoms with Crippen molar-refractivity contribution in [2.75, 3.05) is 53.4 Å². The van der Waals surface area contributed by atoms with Crippen LogP contribution >= 0.6 is 0 Å². The van der Waals surface area contributed by atoms with Crippen LogP contribution in [-0.2, 0) is 49.2 Å². The zero-order chi connectivity index (χ0) is 57.6. The standard InChI is InChI=1S/C55H89N5O17/c1-16-40-55(10,69)47(64)31(4)43(57-70)29(2)26-53(8,68)48(77-52-45(63)39(58(11)12)24-30(3)72-52)32(5)46(33(6)51(67)74-40)76-42-27-54(9,71-15)49(34(7)73-42)75-41(61)21-23-56-22-17-18-35-19-20-38-36(25-35)44(62)37(50(65)66)28-60(38)59(13)14/h19-20,25,28-34,39-40,42-43,45-49,52,56,63-64,68-69H,16-18,21-24,26-27H2,1-15H3,(H,65,66)/t29-,30-,31?,32+,33-,34+,39+,40-,42+,43?,45-,46+,47-,48-,49+,52+,53-,54-,55-/m1/s1. The first-order valence-electron chi connectivity index (χ1n) is 27.1. The van der Waals surface area contributed by atoms with Gasteiger partial charge in [0.2, 0.25) is 5.43 Å². The number of hydrogen-bond donors (Lipinski definition) is 6. The lowest BCUT2D eigenvalue weighted by atomic mass is 9.72. The number of ether oxygens (including phenoxy) is 7. The second-order valence-corrected chi connectivity index (χ2v) is 23.1. The number of aromatic nitrogens is 1. The number of nitrogens with zero attached hydrogens (tertiary/aromatic N) is 4. The molecular weight excluding hydrogens is 1000 g/mol. The minimum Gasteiger partial charge on any atom is -0.477 e. The van der Waals surface area contributed by atoms with Gasteiger partial charge in [-0.1, -0.05) is 38.9 Å². The Kier molecular flexibility index (Phi) is 21.8. The summed E-state index contributed by atoms with van der Waals surface area (Å²) in [6, 6.07) is 3.91. The van der Waals surface area contributed by atoms with Crippen LogP contribution in [0.5, 0.6) is 0 Å². The Hall–Kier alpha value is -4.20. The molecule has 0 saturated carbocycles. The minimum atomic E-state index is -2.04. The van der Waals surface area contributed by atoms with Crippen molar-refractivity contribution in [1.82, 2.24) is 14.9 Å². The number of carbonyl (C=O) groups excluding carboxylic acids is 2. The van der Waals surface area contributed by atoms with Crippen LogP contribution < -0.4 is 15.8 Å². The van der Waals surface area contributed by atoms with E-state index in [9.17, 15) is 49.6 Å². The Labute approximate surface area is 452 Å². The lowest BCUT2D eigenvalue weighted by Gasteiger charge is -2.49. The van der Waals surface area contributed by atoms with Gasteiger partial charge in [0.15, 0.2) is 18.7 Å². The lowest BCUT2D eigenvalue weighted by Crippen LogP contribution is -2.61. The maximum atomic E-state index is 14.5. The molecular formula is C55H89N5O17. The number of nitroso groups, excluding NO2 is 1. The topological polar surface area (TPSA) is 287 Å². The third-order valence-electron chi connectivity index (χ3n) is 16.4. The van der Waals surface area contributed by atoms with Crippen molar-refractivity contribution >= 4 is 28.8 Å². The molecule has 22 nitrogen and oxygen atoms in total. The van der Waals surface area contributed by atoms with Crippen LogP contribution in [0.25, 0.3) is 10.9 Å². The molecule has 1 aromatic carbocycles. The number of aliphatic hydroxyl groups excluding tert-OH is 2. The van der Waals surface area contributed by atoms with E-state index in [2.05, 4.69) is 10.5 Å². The number of aliphatic hydroxyl groups is 4. The summed E-state index contributed by atoms with van der Waals surface area (Å²) >= 11 is 0. The highest BCUT2D eigenvalue weighted by Crippen LogP contribution is 2.42. The number of carbonyl (C=O) groups is 3. The van der Waals surface area contributed by atoms with Gasteiger partial charge >= 0.3 is 17.9 Å². The molecule has 2 unspecified atom stereocenters. The van der Waals surface area contributed by atoms with Gasteiger partial charge in [0.25, 0.3) is 0 Å². The van der Waals surface area contributed by atoms with Crippen LogP contribution in [0.2, 0.25) is 0 Å². The third kappa shape index (κ3) is 14.6. The first kappa shape index (κ1) is 63.6. The second kappa shape index (κ2) is 26.4. The van der Waals surface area contributed by atoms with E-state index >= 15 is 0 Å². The molecule has 0 spiro atoms. The van der Waals surface area contributed by atoms with Crippen LogP contribution in [0.3, 0.4) is 0 Å². The van der Waals surface area contributed by atoms with Gasteiger partial charge in [-0.15, -0.1) is 0 Å². The molecule has 19 atom stereocenters. The molecule has 0 bridgehead atoms. The zero-order valence-electron chi connectivity index (χ0n) is 47.8. The van der Waals surface area contributed by atoms with E-state index in [1.54, 1.807) is 84.4 Å². The Bertz CT molecular complexity index is 2380. The number of benzene rings is 1. The highest BCUT2D eigenvalue weighted by Gasteiger charge is 2.54. The van der Waals surface area contributed by atoms with E-state index in [1.807, 2.05) is 32.0 Å². The van der Waals surface area contributed by atoms with Gasteiger partial charge in [0.1, 0.15) is 29.0 Å². The zero-order valence-corrected chi connectivity index (χ0v) is 47.8. The van der Waals surface area contributed by atoms with E-state index in [-0.39, 0.29) is 43.4 Å². The summed E-state index contributed by atoms with van der Waals surface area (Å²) in [6.45, 7) is 17.3. The Morgan fingerprint density at radius 3 is 2.21 bits per heavy atom. The van der Waals surface area contributed by atoms with E-state index in [0.29, 0.717) is 43.3 Å². The molecule has 436 valence electrons. The number of pyridine rings is 1. The molecule has 3 aliphatic rings. The fourth-order valence-electron chi connectivity index (χ4n) is 11.9. The van der Waals surface area contributed by atoms with Crippen molar-refractivity contribution in [2.24, 2.45) is 28.8 Å². The third-order valence-corrected chi connectivity index (χ3v) is 16.4. The molecule has 5 rings (SSSR count). The van der Waals surface area contributed by atoms with Crippen molar-refractivity contribution in [2.45, 2.75) is 204 Å². The number of fused-ring (bicyclic) bond motifs is 1. The van der Waals surface area contributed by atoms with Gasteiger partial charge in [0, 0.05) is 63.6 Å². The van der Waals surface area contributed by atoms with Gasteiger partial charge in [-0.05, 0) is 118 Å². The quantitative estimate of drug-likeness (QED) is 0.0704. The largest absolute Gasteiger partial charge is 0.477 e. The number of hydrogen-bond acceptors (Lipinski definition) is 20. The first-order valence-corrected chi connectivity index (χ1v) is 27.1. The number of likely N-dealkylation sites (N-methyl/N-ethyl adjacent to an activating group) is 1. The monoisotopic (exact) mass is 1090 g/mol. The Balaban J connectivity index is 1.34. The lowest BCUT2D eigenvalue weighted by molar-refractivity contribution is -0.319. The van der Waals surface area contributed by atoms with Crippen LogP contribution in [0.4, 0.5) is 0 Å². The number of carboxylic acids is 1. The molecule has 1 aromatic heterocycles. The molecule has 4 heterocycles. The van der Waals surface area contributed by atoms with Crippen molar-refractivity contribution in [3.05, 3.63) is 50.7 Å². The maximum Gasteiger partial charge on any atom is 0.341 e. The fraction of sp³-hybridized carbons (Fsp3) is 0.782. The van der Waals surface area contributed by atoms with Crippen molar-refractivity contribution in [1.29, 1.82) is 0 Å². The number of rotatable bonds is 18. The van der Waals surface area contributed by atoms with Crippen molar-refractivity contribution < 1.29 is 73.1 Å². The smallest absolute Gasteiger partial charge is 0.341 e.